The van der Waals surface area contributed by atoms with Crippen LogP contribution < -0.4 is 0 Å². The molecule has 0 aromatic heterocycles. The molecule has 0 spiro atoms. The van der Waals surface area contributed by atoms with Gasteiger partial charge in [-0.15, -0.1) is 6.42 Å². The molecule has 0 N–H and O–H groups in total. The van der Waals surface area contributed by atoms with Gasteiger partial charge in [0.25, 0.3) is 0 Å². The second-order valence-corrected chi connectivity index (χ2v) is 3.65. The highest BCUT2D eigenvalue weighted by atomic mass is 16.5. The molecule has 0 amide bonds. The quantitative estimate of drug-likeness (QED) is 0.612. The molecule has 1 nitrogen and oxygen atoms in total. The van der Waals surface area contributed by atoms with E-state index in [4.69, 9.17) is 11.2 Å². The van der Waals surface area contributed by atoms with Crippen LogP contribution in [0.25, 0.3) is 0 Å². The third kappa shape index (κ3) is 1.97. The van der Waals surface area contributed by atoms with Crippen LogP contribution in [0.2, 0.25) is 0 Å². The van der Waals surface area contributed by atoms with Gasteiger partial charge in [0.05, 0.1) is 0 Å². The number of hydrogen-bond donors (Lipinski definition) is 0. The maximum Gasteiger partial charge on any atom is 0.0471 e. The average molecular weight is 186 g/mol. The van der Waals surface area contributed by atoms with Crippen LogP contribution in [-0.2, 0) is 4.74 Å². The summed E-state index contributed by atoms with van der Waals surface area (Å²) < 4.78 is 5.33. The molecule has 1 aliphatic rings. The Kier molecular flexibility index (Phi) is 2.86. The predicted molar refractivity (Wildman–Crippen MR) is 57.2 cm³/mol. The molecular formula is C13H14O. The molecule has 0 atom stereocenters. The summed E-state index contributed by atoms with van der Waals surface area (Å²) >= 11 is 0. The highest BCUT2D eigenvalue weighted by Crippen LogP contribution is 2.26. The molecule has 14 heavy (non-hydrogen) atoms. The smallest absolute Gasteiger partial charge is 0.0471 e. The maximum atomic E-state index is 5.33. The van der Waals surface area contributed by atoms with E-state index in [1.807, 2.05) is 12.1 Å². The summed E-state index contributed by atoms with van der Waals surface area (Å²) in [6.45, 7) is 1.78. The first-order chi connectivity index (χ1) is 6.90. The SMILES string of the molecule is C#Cc1ccc(C2CCOCC2)cc1. The molecule has 1 heterocycles. The summed E-state index contributed by atoms with van der Waals surface area (Å²) in [6.07, 6.45) is 7.58. The topological polar surface area (TPSA) is 9.23 Å². The molecule has 0 saturated carbocycles. The van der Waals surface area contributed by atoms with Gasteiger partial charge >= 0.3 is 0 Å². The molecule has 1 aliphatic heterocycles. The number of terminal acetylenes is 1. The van der Waals surface area contributed by atoms with Crippen molar-refractivity contribution in [3.05, 3.63) is 35.4 Å². The Labute approximate surface area is 85.1 Å². The molecule has 0 aliphatic carbocycles. The molecule has 0 bridgehead atoms. The minimum Gasteiger partial charge on any atom is -0.381 e. The van der Waals surface area contributed by atoms with E-state index >= 15 is 0 Å². The van der Waals surface area contributed by atoms with Crippen LogP contribution in [0, 0.1) is 12.3 Å². The second-order valence-electron chi connectivity index (χ2n) is 3.65. The van der Waals surface area contributed by atoms with Gasteiger partial charge in [0.1, 0.15) is 0 Å². The van der Waals surface area contributed by atoms with E-state index in [2.05, 4.69) is 18.1 Å². The van der Waals surface area contributed by atoms with E-state index < -0.39 is 0 Å². The van der Waals surface area contributed by atoms with Crippen LogP contribution in [-0.4, -0.2) is 13.2 Å². The predicted octanol–water partition coefficient (Wildman–Crippen LogP) is 2.56. The molecule has 0 radical (unpaired) electrons. The molecule has 1 saturated heterocycles. The Morgan fingerprint density at radius 2 is 1.79 bits per heavy atom. The van der Waals surface area contributed by atoms with Gasteiger partial charge in [0.15, 0.2) is 0 Å². The summed E-state index contributed by atoms with van der Waals surface area (Å²) in [6, 6.07) is 8.33. The van der Waals surface area contributed by atoms with Crippen LogP contribution in [0.4, 0.5) is 0 Å². The summed E-state index contributed by atoms with van der Waals surface area (Å²) in [4.78, 5) is 0. The molecular weight excluding hydrogens is 172 g/mol. The van der Waals surface area contributed by atoms with Crippen molar-refractivity contribution in [3.63, 3.8) is 0 Å². The molecule has 1 heteroatoms. The van der Waals surface area contributed by atoms with Crippen LogP contribution in [0.1, 0.15) is 29.9 Å². The summed E-state index contributed by atoms with van der Waals surface area (Å²) in [5, 5.41) is 0. The van der Waals surface area contributed by atoms with Gasteiger partial charge in [-0.05, 0) is 36.5 Å². The lowest BCUT2D eigenvalue weighted by atomic mass is 9.91. The minimum atomic E-state index is 0.663. The van der Waals surface area contributed by atoms with Crippen molar-refractivity contribution in [2.75, 3.05) is 13.2 Å². The fraction of sp³-hybridized carbons (Fsp3) is 0.385. The van der Waals surface area contributed by atoms with Crippen molar-refractivity contribution >= 4 is 0 Å². The second kappa shape index (κ2) is 4.30. The van der Waals surface area contributed by atoms with Crippen molar-refractivity contribution in [1.82, 2.24) is 0 Å². The minimum absolute atomic E-state index is 0.663. The lowest BCUT2D eigenvalue weighted by molar-refractivity contribution is 0.0853. The van der Waals surface area contributed by atoms with E-state index in [-0.39, 0.29) is 0 Å². The van der Waals surface area contributed by atoms with E-state index in [1.165, 1.54) is 5.56 Å². The third-order valence-electron chi connectivity index (χ3n) is 2.77. The van der Waals surface area contributed by atoms with Gasteiger partial charge < -0.3 is 4.74 Å². The van der Waals surface area contributed by atoms with Gasteiger partial charge in [0.2, 0.25) is 0 Å². The first kappa shape index (κ1) is 9.30. The maximum absolute atomic E-state index is 5.33. The van der Waals surface area contributed by atoms with Crippen LogP contribution in [0.5, 0.6) is 0 Å². The van der Waals surface area contributed by atoms with Crippen LogP contribution in [0.15, 0.2) is 24.3 Å². The normalized spacial score (nSPS) is 17.6. The number of benzene rings is 1. The highest BCUT2D eigenvalue weighted by Gasteiger charge is 2.15. The van der Waals surface area contributed by atoms with Gasteiger partial charge in [-0.3, -0.25) is 0 Å². The van der Waals surface area contributed by atoms with E-state index in [1.54, 1.807) is 0 Å². The zero-order valence-corrected chi connectivity index (χ0v) is 8.20. The van der Waals surface area contributed by atoms with Crippen molar-refractivity contribution in [2.24, 2.45) is 0 Å². The average Bonchev–Trinajstić information content (AvgIpc) is 2.30. The fourth-order valence-corrected chi connectivity index (χ4v) is 1.88. The van der Waals surface area contributed by atoms with Crippen molar-refractivity contribution < 1.29 is 4.74 Å². The third-order valence-corrected chi connectivity index (χ3v) is 2.77. The standard InChI is InChI=1S/C13H14O/c1-2-11-3-5-12(6-4-11)13-7-9-14-10-8-13/h1,3-6,13H,7-10H2. The largest absolute Gasteiger partial charge is 0.381 e. The Morgan fingerprint density at radius 1 is 1.14 bits per heavy atom. The van der Waals surface area contributed by atoms with E-state index in [0.717, 1.165) is 31.6 Å². The lowest BCUT2D eigenvalue weighted by Gasteiger charge is -2.22. The summed E-state index contributed by atoms with van der Waals surface area (Å²) in [5.74, 6) is 3.29. The lowest BCUT2D eigenvalue weighted by Crippen LogP contribution is -2.13. The first-order valence-electron chi connectivity index (χ1n) is 5.04. The van der Waals surface area contributed by atoms with Gasteiger partial charge in [0, 0.05) is 18.8 Å². The van der Waals surface area contributed by atoms with Crippen LogP contribution in [0.3, 0.4) is 0 Å². The zero-order chi connectivity index (χ0) is 9.80. The van der Waals surface area contributed by atoms with Crippen molar-refractivity contribution in [3.8, 4) is 12.3 Å². The first-order valence-corrected chi connectivity index (χ1v) is 5.04. The van der Waals surface area contributed by atoms with Crippen LogP contribution >= 0.6 is 0 Å². The van der Waals surface area contributed by atoms with Gasteiger partial charge in [-0.1, -0.05) is 18.1 Å². The zero-order valence-electron chi connectivity index (χ0n) is 8.20. The number of rotatable bonds is 1. The summed E-state index contributed by atoms with van der Waals surface area (Å²) in [7, 11) is 0. The Morgan fingerprint density at radius 3 is 2.36 bits per heavy atom. The molecule has 1 aromatic rings. The Bertz CT molecular complexity index is 325. The molecule has 0 unspecified atom stereocenters. The highest BCUT2D eigenvalue weighted by molar-refractivity contribution is 5.35. The van der Waals surface area contributed by atoms with Crippen molar-refractivity contribution in [2.45, 2.75) is 18.8 Å². The Balaban J connectivity index is 2.12. The molecule has 2 rings (SSSR count). The molecule has 1 fully saturated rings. The number of ether oxygens (including phenoxy) is 1. The van der Waals surface area contributed by atoms with Crippen molar-refractivity contribution in [1.29, 1.82) is 0 Å². The van der Waals surface area contributed by atoms with E-state index in [0.29, 0.717) is 5.92 Å². The van der Waals surface area contributed by atoms with Gasteiger partial charge in [-0.25, -0.2) is 0 Å². The summed E-state index contributed by atoms with van der Waals surface area (Å²) in [5.41, 5.74) is 2.35. The molecule has 1 aromatic carbocycles. The fourth-order valence-electron chi connectivity index (χ4n) is 1.88. The number of hydrogen-bond acceptors (Lipinski definition) is 1. The molecule has 72 valence electrons. The van der Waals surface area contributed by atoms with E-state index in [9.17, 15) is 0 Å². The Hall–Kier alpha value is -1.26. The monoisotopic (exact) mass is 186 g/mol. The van der Waals surface area contributed by atoms with Gasteiger partial charge in [-0.2, -0.15) is 0 Å².